The lowest BCUT2D eigenvalue weighted by Crippen LogP contribution is -2.02. The standard InChI is InChI=1S/C16H23ClO/c1-3-4-5-6-9-14(18)12-13(2)15-10-7-8-11-16(15)17/h7-8,10-12,14,18H,3-6,9H2,1-2H3/b13-12-/t14-/m0/s1. The van der Waals surface area contributed by atoms with Crippen molar-refractivity contribution in [1.82, 2.24) is 0 Å². The normalized spacial score (nSPS) is 13.7. The number of hydrogen-bond donors (Lipinski definition) is 1. The largest absolute Gasteiger partial charge is 0.389 e. The van der Waals surface area contributed by atoms with Gasteiger partial charge in [-0.3, -0.25) is 0 Å². The Labute approximate surface area is 115 Å². The molecule has 1 N–H and O–H groups in total. The molecule has 0 saturated carbocycles. The van der Waals surface area contributed by atoms with Crippen LogP contribution < -0.4 is 0 Å². The van der Waals surface area contributed by atoms with Gasteiger partial charge < -0.3 is 5.11 Å². The van der Waals surface area contributed by atoms with Gasteiger partial charge in [-0.2, -0.15) is 0 Å². The number of aliphatic hydroxyl groups excluding tert-OH is 1. The minimum absolute atomic E-state index is 0.363. The number of aliphatic hydroxyl groups is 1. The highest BCUT2D eigenvalue weighted by molar-refractivity contribution is 6.32. The summed E-state index contributed by atoms with van der Waals surface area (Å²) in [5.74, 6) is 0. The Morgan fingerprint density at radius 1 is 1.28 bits per heavy atom. The van der Waals surface area contributed by atoms with Crippen molar-refractivity contribution in [3.05, 3.63) is 40.9 Å². The van der Waals surface area contributed by atoms with Crippen LogP contribution in [0.4, 0.5) is 0 Å². The summed E-state index contributed by atoms with van der Waals surface area (Å²) in [6.07, 6.45) is 7.14. The molecule has 0 fully saturated rings. The van der Waals surface area contributed by atoms with Crippen LogP contribution in [0.5, 0.6) is 0 Å². The van der Waals surface area contributed by atoms with Crippen LogP contribution in [-0.2, 0) is 0 Å². The van der Waals surface area contributed by atoms with E-state index in [2.05, 4.69) is 6.92 Å². The summed E-state index contributed by atoms with van der Waals surface area (Å²) < 4.78 is 0. The zero-order valence-corrected chi connectivity index (χ0v) is 12.1. The molecular weight excluding hydrogens is 244 g/mol. The zero-order valence-electron chi connectivity index (χ0n) is 11.3. The number of halogens is 1. The van der Waals surface area contributed by atoms with Gasteiger partial charge in [0.15, 0.2) is 0 Å². The van der Waals surface area contributed by atoms with E-state index in [1.54, 1.807) is 0 Å². The predicted octanol–water partition coefficient (Wildman–Crippen LogP) is 5.07. The lowest BCUT2D eigenvalue weighted by Gasteiger charge is -2.09. The predicted molar refractivity (Wildman–Crippen MR) is 79.9 cm³/mol. The first-order valence-electron chi connectivity index (χ1n) is 6.76. The Kier molecular flexibility index (Phi) is 7.07. The summed E-state index contributed by atoms with van der Waals surface area (Å²) in [6.45, 7) is 4.19. The van der Waals surface area contributed by atoms with E-state index in [-0.39, 0.29) is 6.10 Å². The average Bonchev–Trinajstić information content (AvgIpc) is 2.35. The molecule has 0 aliphatic rings. The first-order valence-corrected chi connectivity index (χ1v) is 7.14. The first kappa shape index (κ1) is 15.3. The fourth-order valence-corrected chi connectivity index (χ4v) is 2.31. The molecule has 1 atom stereocenters. The van der Waals surface area contributed by atoms with E-state index in [1.165, 1.54) is 19.3 Å². The van der Waals surface area contributed by atoms with Crippen LogP contribution in [0.2, 0.25) is 5.02 Å². The summed E-state index contributed by atoms with van der Waals surface area (Å²) in [6, 6.07) is 7.74. The summed E-state index contributed by atoms with van der Waals surface area (Å²) in [7, 11) is 0. The van der Waals surface area contributed by atoms with Gasteiger partial charge in [-0.15, -0.1) is 0 Å². The Morgan fingerprint density at radius 3 is 2.67 bits per heavy atom. The molecule has 100 valence electrons. The van der Waals surface area contributed by atoms with E-state index in [4.69, 9.17) is 11.6 Å². The van der Waals surface area contributed by atoms with Crippen molar-refractivity contribution >= 4 is 17.2 Å². The maximum atomic E-state index is 9.95. The van der Waals surface area contributed by atoms with Crippen molar-refractivity contribution in [2.75, 3.05) is 0 Å². The van der Waals surface area contributed by atoms with Gasteiger partial charge in [0, 0.05) is 5.02 Å². The van der Waals surface area contributed by atoms with Crippen LogP contribution >= 0.6 is 11.6 Å². The quantitative estimate of drug-likeness (QED) is 0.683. The van der Waals surface area contributed by atoms with Crippen molar-refractivity contribution in [2.45, 2.75) is 52.1 Å². The highest BCUT2D eigenvalue weighted by Gasteiger charge is 2.05. The van der Waals surface area contributed by atoms with Crippen molar-refractivity contribution in [1.29, 1.82) is 0 Å². The molecule has 18 heavy (non-hydrogen) atoms. The molecule has 1 aromatic rings. The average molecular weight is 267 g/mol. The molecule has 0 radical (unpaired) electrons. The first-order chi connectivity index (χ1) is 8.65. The van der Waals surface area contributed by atoms with Crippen LogP contribution in [-0.4, -0.2) is 11.2 Å². The molecule has 0 spiro atoms. The molecule has 1 rings (SSSR count). The summed E-state index contributed by atoms with van der Waals surface area (Å²) in [5.41, 5.74) is 2.05. The fourth-order valence-electron chi connectivity index (χ4n) is 2.02. The second kappa shape index (κ2) is 8.34. The third kappa shape index (κ3) is 5.24. The molecule has 0 bridgehead atoms. The summed E-state index contributed by atoms with van der Waals surface area (Å²) in [4.78, 5) is 0. The highest BCUT2D eigenvalue weighted by Crippen LogP contribution is 2.24. The zero-order chi connectivity index (χ0) is 13.4. The summed E-state index contributed by atoms with van der Waals surface area (Å²) >= 11 is 6.13. The smallest absolute Gasteiger partial charge is 0.0726 e. The number of allylic oxidation sites excluding steroid dienone is 1. The van der Waals surface area contributed by atoms with Gasteiger partial charge in [0.1, 0.15) is 0 Å². The van der Waals surface area contributed by atoms with Crippen molar-refractivity contribution in [3.63, 3.8) is 0 Å². The molecule has 1 aromatic carbocycles. The van der Waals surface area contributed by atoms with Crippen LogP contribution in [0.25, 0.3) is 5.57 Å². The van der Waals surface area contributed by atoms with Crippen LogP contribution in [0.3, 0.4) is 0 Å². The highest BCUT2D eigenvalue weighted by atomic mass is 35.5. The topological polar surface area (TPSA) is 20.2 Å². The second-order valence-electron chi connectivity index (χ2n) is 4.75. The lowest BCUT2D eigenvalue weighted by molar-refractivity contribution is 0.208. The van der Waals surface area contributed by atoms with Gasteiger partial charge in [-0.05, 0) is 30.5 Å². The van der Waals surface area contributed by atoms with Crippen LogP contribution in [0, 0.1) is 0 Å². The molecule has 0 aromatic heterocycles. The molecule has 0 aliphatic heterocycles. The van der Waals surface area contributed by atoms with Gasteiger partial charge in [-0.1, -0.05) is 68.5 Å². The van der Waals surface area contributed by atoms with Crippen molar-refractivity contribution < 1.29 is 5.11 Å². The maximum Gasteiger partial charge on any atom is 0.0726 e. The SMILES string of the molecule is CCCCCC[C@H](O)/C=C(/C)c1ccccc1Cl. The van der Waals surface area contributed by atoms with E-state index in [0.717, 1.165) is 29.0 Å². The number of benzene rings is 1. The Balaban J connectivity index is 2.52. The number of unbranched alkanes of at least 4 members (excludes halogenated alkanes) is 3. The summed E-state index contributed by atoms with van der Waals surface area (Å²) in [5, 5.41) is 10.7. The van der Waals surface area contributed by atoms with Gasteiger partial charge in [0.05, 0.1) is 6.10 Å². The van der Waals surface area contributed by atoms with Gasteiger partial charge in [0.2, 0.25) is 0 Å². The molecule has 2 heteroatoms. The van der Waals surface area contributed by atoms with Gasteiger partial charge in [-0.25, -0.2) is 0 Å². The Morgan fingerprint density at radius 2 is 2.00 bits per heavy atom. The van der Waals surface area contributed by atoms with Gasteiger partial charge in [0.25, 0.3) is 0 Å². The molecule has 1 nitrogen and oxygen atoms in total. The van der Waals surface area contributed by atoms with Crippen molar-refractivity contribution in [2.24, 2.45) is 0 Å². The molecule has 0 amide bonds. The number of hydrogen-bond acceptors (Lipinski definition) is 1. The van der Waals surface area contributed by atoms with Gasteiger partial charge >= 0.3 is 0 Å². The Hall–Kier alpha value is -0.790. The third-order valence-electron chi connectivity index (χ3n) is 3.09. The molecule has 0 heterocycles. The van der Waals surface area contributed by atoms with Crippen LogP contribution in [0.1, 0.15) is 51.5 Å². The molecule has 0 aliphatic carbocycles. The van der Waals surface area contributed by atoms with E-state index in [1.807, 2.05) is 37.3 Å². The molecule has 0 saturated heterocycles. The van der Waals surface area contributed by atoms with E-state index in [0.29, 0.717) is 0 Å². The van der Waals surface area contributed by atoms with Crippen LogP contribution in [0.15, 0.2) is 30.3 Å². The number of rotatable bonds is 7. The van der Waals surface area contributed by atoms with E-state index in [9.17, 15) is 5.11 Å². The minimum Gasteiger partial charge on any atom is -0.389 e. The lowest BCUT2D eigenvalue weighted by atomic mass is 10.0. The minimum atomic E-state index is -0.363. The Bertz CT molecular complexity index is 384. The van der Waals surface area contributed by atoms with Crippen molar-refractivity contribution in [3.8, 4) is 0 Å². The maximum absolute atomic E-state index is 9.95. The third-order valence-corrected chi connectivity index (χ3v) is 3.42. The monoisotopic (exact) mass is 266 g/mol. The second-order valence-corrected chi connectivity index (χ2v) is 5.15. The fraction of sp³-hybridized carbons (Fsp3) is 0.500. The molecular formula is C16H23ClO. The van der Waals surface area contributed by atoms with E-state index < -0.39 is 0 Å². The molecule has 0 unspecified atom stereocenters. The van der Waals surface area contributed by atoms with E-state index >= 15 is 0 Å².